The lowest BCUT2D eigenvalue weighted by Gasteiger charge is -2.18. The maximum Gasteiger partial charge on any atom is 0.345 e. The zero-order chi connectivity index (χ0) is 21.3. The molecule has 30 heavy (non-hydrogen) atoms. The molecule has 1 amide bonds. The predicted molar refractivity (Wildman–Crippen MR) is 109 cm³/mol. The quantitative estimate of drug-likeness (QED) is 0.566. The van der Waals surface area contributed by atoms with Crippen LogP contribution in [0.2, 0.25) is 0 Å². The molecule has 154 valence electrons. The lowest BCUT2D eigenvalue weighted by molar-refractivity contribution is -0.156. The molecule has 1 atom stereocenters. The topological polar surface area (TPSA) is 73.9 Å². The maximum absolute atomic E-state index is 13.2. The maximum atomic E-state index is 13.2. The molecule has 7 heteroatoms. The first kappa shape index (κ1) is 20.9. The van der Waals surface area contributed by atoms with Gasteiger partial charge in [0.1, 0.15) is 17.3 Å². The molecule has 0 heterocycles. The molecule has 1 N–H and O–H groups in total. The van der Waals surface area contributed by atoms with Gasteiger partial charge >= 0.3 is 5.97 Å². The summed E-state index contributed by atoms with van der Waals surface area (Å²) in [5, 5.41) is 2.72. The van der Waals surface area contributed by atoms with Gasteiger partial charge in [0.05, 0.1) is 7.11 Å². The number of ether oxygens (including phenoxy) is 3. The second-order valence-electron chi connectivity index (χ2n) is 6.25. The van der Waals surface area contributed by atoms with Crippen LogP contribution < -0.4 is 14.8 Å². The molecule has 3 aromatic carbocycles. The largest absolute Gasteiger partial charge is 0.497 e. The molecule has 0 aliphatic carbocycles. The summed E-state index contributed by atoms with van der Waals surface area (Å²) < 4.78 is 29.0. The summed E-state index contributed by atoms with van der Waals surface area (Å²) >= 11 is 0. The number of hydrogen-bond acceptors (Lipinski definition) is 5. The van der Waals surface area contributed by atoms with Crippen molar-refractivity contribution >= 4 is 17.6 Å². The monoisotopic (exact) mass is 409 g/mol. The van der Waals surface area contributed by atoms with Crippen molar-refractivity contribution in [2.75, 3.05) is 19.0 Å². The Morgan fingerprint density at radius 1 is 0.933 bits per heavy atom. The van der Waals surface area contributed by atoms with Crippen LogP contribution >= 0.6 is 0 Å². The van der Waals surface area contributed by atoms with Crippen LogP contribution in [0, 0.1) is 5.82 Å². The summed E-state index contributed by atoms with van der Waals surface area (Å²) in [6.45, 7) is -0.473. The number of nitrogens with one attached hydrogen (secondary N) is 1. The van der Waals surface area contributed by atoms with Crippen molar-refractivity contribution in [2.24, 2.45) is 0 Å². The van der Waals surface area contributed by atoms with Gasteiger partial charge < -0.3 is 19.5 Å². The number of esters is 1. The van der Waals surface area contributed by atoms with Gasteiger partial charge in [-0.15, -0.1) is 0 Å². The summed E-state index contributed by atoms with van der Waals surface area (Å²) in [4.78, 5) is 25.1. The number of benzene rings is 3. The molecular weight excluding hydrogens is 389 g/mol. The van der Waals surface area contributed by atoms with Gasteiger partial charge in [-0.2, -0.15) is 0 Å². The highest BCUT2D eigenvalue weighted by Gasteiger charge is 2.25. The minimum absolute atomic E-state index is 0.184. The van der Waals surface area contributed by atoms with E-state index in [1.54, 1.807) is 54.6 Å². The van der Waals surface area contributed by atoms with Crippen LogP contribution in [0.3, 0.4) is 0 Å². The van der Waals surface area contributed by atoms with Crippen LogP contribution in [-0.4, -0.2) is 25.6 Å². The lowest BCUT2D eigenvalue weighted by Crippen LogP contribution is -2.28. The SMILES string of the molecule is COc1cccc(NC(=O)[C@H](OC(=O)COc2cccc(F)c2)c2ccccc2)c1. The van der Waals surface area contributed by atoms with Crippen LogP contribution in [0.4, 0.5) is 10.1 Å². The van der Waals surface area contributed by atoms with Crippen molar-refractivity contribution in [3.05, 3.63) is 90.2 Å². The molecule has 0 fully saturated rings. The normalized spacial score (nSPS) is 11.3. The Morgan fingerprint density at radius 2 is 1.67 bits per heavy atom. The Balaban J connectivity index is 1.70. The molecule has 0 bridgehead atoms. The van der Waals surface area contributed by atoms with Gasteiger partial charge in [-0.1, -0.05) is 42.5 Å². The molecule has 0 unspecified atom stereocenters. The molecule has 0 saturated heterocycles. The number of methoxy groups -OCH3 is 1. The molecule has 0 aromatic heterocycles. The Kier molecular flexibility index (Phi) is 7.00. The number of amides is 1. The number of hydrogen-bond donors (Lipinski definition) is 1. The molecular formula is C23H20FNO5. The van der Waals surface area contributed by atoms with Crippen LogP contribution in [-0.2, 0) is 14.3 Å². The molecule has 0 saturated carbocycles. The highest BCUT2D eigenvalue weighted by Crippen LogP contribution is 2.22. The van der Waals surface area contributed by atoms with E-state index in [9.17, 15) is 14.0 Å². The minimum Gasteiger partial charge on any atom is -0.497 e. The third-order valence-electron chi connectivity index (χ3n) is 4.08. The fourth-order valence-electron chi connectivity index (χ4n) is 2.67. The van der Waals surface area contributed by atoms with Gasteiger partial charge in [-0.25, -0.2) is 9.18 Å². The Morgan fingerprint density at radius 3 is 2.40 bits per heavy atom. The lowest BCUT2D eigenvalue weighted by atomic mass is 10.1. The number of rotatable bonds is 8. The summed E-state index contributed by atoms with van der Waals surface area (Å²) in [5.41, 5.74) is 0.990. The number of anilines is 1. The average molecular weight is 409 g/mol. The second-order valence-corrected chi connectivity index (χ2v) is 6.25. The zero-order valence-electron chi connectivity index (χ0n) is 16.2. The number of halogens is 1. The molecule has 0 spiro atoms. The fraction of sp³-hybridized carbons (Fsp3) is 0.130. The van der Waals surface area contributed by atoms with Gasteiger partial charge in [0.2, 0.25) is 6.10 Å². The van der Waals surface area contributed by atoms with E-state index in [1.807, 2.05) is 0 Å². The van der Waals surface area contributed by atoms with Gasteiger partial charge in [0.25, 0.3) is 5.91 Å². The first-order valence-corrected chi connectivity index (χ1v) is 9.13. The van der Waals surface area contributed by atoms with E-state index >= 15 is 0 Å². The standard InChI is InChI=1S/C23H20FNO5/c1-28-19-11-6-10-18(14-19)25-23(27)22(16-7-3-2-4-8-16)30-21(26)15-29-20-12-5-9-17(24)13-20/h2-14,22H,15H2,1H3,(H,25,27)/t22-/m1/s1. The van der Waals surface area contributed by atoms with Crippen LogP contribution in [0.1, 0.15) is 11.7 Å². The zero-order valence-corrected chi connectivity index (χ0v) is 16.2. The van der Waals surface area contributed by atoms with E-state index in [2.05, 4.69) is 5.32 Å². The fourth-order valence-corrected chi connectivity index (χ4v) is 2.67. The first-order valence-electron chi connectivity index (χ1n) is 9.13. The molecule has 0 aliphatic rings. The van der Waals surface area contributed by atoms with Crippen LogP contribution in [0.5, 0.6) is 11.5 Å². The van der Waals surface area contributed by atoms with E-state index in [0.29, 0.717) is 17.0 Å². The number of carbonyl (C=O) groups is 2. The second kappa shape index (κ2) is 10.1. The first-order chi connectivity index (χ1) is 14.5. The van der Waals surface area contributed by atoms with Crippen molar-refractivity contribution < 1.29 is 28.2 Å². The Bertz CT molecular complexity index is 1010. The average Bonchev–Trinajstić information content (AvgIpc) is 2.76. The van der Waals surface area contributed by atoms with Crippen molar-refractivity contribution in [3.8, 4) is 11.5 Å². The van der Waals surface area contributed by atoms with Crippen molar-refractivity contribution in [2.45, 2.75) is 6.10 Å². The van der Waals surface area contributed by atoms with Crippen molar-refractivity contribution in [3.63, 3.8) is 0 Å². The minimum atomic E-state index is -1.19. The third kappa shape index (κ3) is 5.81. The van der Waals surface area contributed by atoms with Gasteiger partial charge in [-0.05, 0) is 24.3 Å². The van der Waals surface area contributed by atoms with E-state index in [0.717, 1.165) is 6.07 Å². The third-order valence-corrected chi connectivity index (χ3v) is 4.08. The van der Waals surface area contributed by atoms with Crippen LogP contribution in [0.25, 0.3) is 0 Å². The summed E-state index contributed by atoms with van der Waals surface area (Å²) in [6, 6.07) is 20.8. The van der Waals surface area contributed by atoms with E-state index in [-0.39, 0.29) is 5.75 Å². The summed E-state index contributed by atoms with van der Waals surface area (Å²) in [6.07, 6.45) is -1.19. The predicted octanol–water partition coefficient (Wildman–Crippen LogP) is 4.14. The van der Waals surface area contributed by atoms with E-state index < -0.39 is 30.4 Å². The highest BCUT2D eigenvalue weighted by atomic mass is 19.1. The van der Waals surface area contributed by atoms with Gasteiger partial charge in [0.15, 0.2) is 6.61 Å². The molecule has 6 nitrogen and oxygen atoms in total. The summed E-state index contributed by atoms with van der Waals surface area (Å²) in [5.74, 6) is -1.03. The molecule has 0 radical (unpaired) electrons. The Hall–Kier alpha value is -3.87. The number of carbonyl (C=O) groups excluding carboxylic acids is 2. The molecule has 3 rings (SSSR count). The van der Waals surface area contributed by atoms with Gasteiger partial charge in [0, 0.05) is 23.4 Å². The Labute approximate surface area is 173 Å². The smallest absolute Gasteiger partial charge is 0.345 e. The van der Waals surface area contributed by atoms with Crippen LogP contribution in [0.15, 0.2) is 78.9 Å². The summed E-state index contributed by atoms with van der Waals surface area (Å²) in [7, 11) is 1.52. The molecule has 0 aliphatic heterocycles. The highest BCUT2D eigenvalue weighted by molar-refractivity contribution is 5.96. The molecule has 3 aromatic rings. The van der Waals surface area contributed by atoms with E-state index in [1.165, 1.54) is 25.3 Å². The van der Waals surface area contributed by atoms with Crippen molar-refractivity contribution in [1.82, 2.24) is 0 Å². The van der Waals surface area contributed by atoms with Crippen molar-refractivity contribution in [1.29, 1.82) is 0 Å². The van der Waals surface area contributed by atoms with Gasteiger partial charge in [-0.3, -0.25) is 4.79 Å². The van der Waals surface area contributed by atoms with E-state index in [4.69, 9.17) is 14.2 Å².